The van der Waals surface area contributed by atoms with Crippen molar-refractivity contribution in [2.45, 2.75) is 0 Å². The molecule has 1 radical (unpaired) electrons. The molecule has 2 nitrogen and oxygen atoms in total. The molecular formula is C24H15O2. The highest BCUT2D eigenvalue weighted by Crippen LogP contribution is 2.29. The van der Waals surface area contributed by atoms with E-state index in [0.29, 0.717) is 11.1 Å². The van der Waals surface area contributed by atoms with E-state index in [0.717, 1.165) is 27.1 Å². The number of hydrogen-bond acceptors (Lipinski definition) is 2. The first kappa shape index (κ1) is 16.0. The number of fused-ring (bicyclic) bond motifs is 2. The minimum Gasteiger partial charge on any atom is -0.289 e. The Morgan fingerprint density at radius 1 is 0.654 bits per heavy atom. The Morgan fingerprint density at radius 2 is 1.15 bits per heavy atom. The standard InChI is InChI=1S/C24H15O2/c25-16-15-23(21-13-5-9-17-7-1-3-11-19(17)21)24(26)22-14-6-10-18-8-2-4-12-20(18)22/h1-15H. The Balaban J connectivity index is 1.93. The van der Waals surface area contributed by atoms with Crippen molar-refractivity contribution in [3.8, 4) is 0 Å². The van der Waals surface area contributed by atoms with E-state index in [1.54, 1.807) is 12.4 Å². The number of benzene rings is 4. The first-order chi connectivity index (χ1) is 12.8. The molecule has 26 heavy (non-hydrogen) atoms. The van der Waals surface area contributed by atoms with Gasteiger partial charge in [-0.3, -0.25) is 9.59 Å². The van der Waals surface area contributed by atoms with Crippen LogP contribution in [0.3, 0.4) is 0 Å². The lowest BCUT2D eigenvalue weighted by Crippen LogP contribution is -2.05. The minimum absolute atomic E-state index is 0.179. The Morgan fingerprint density at radius 3 is 1.77 bits per heavy atom. The molecule has 0 amide bonds. The molecule has 123 valence electrons. The van der Waals surface area contributed by atoms with E-state index in [1.807, 2.05) is 78.9 Å². The van der Waals surface area contributed by atoms with Crippen molar-refractivity contribution in [3.05, 3.63) is 102 Å². The molecule has 0 saturated carbocycles. The molecule has 0 saturated heterocycles. The average molecular weight is 335 g/mol. The maximum absolute atomic E-state index is 13.3. The van der Waals surface area contributed by atoms with E-state index in [2.05, 4.69) is 0 Å². The minimum atomic E-state index is -0.179. The van der Waals surface area contributed by atoms with Crippen molar-refractivity contribution < 1.29 is 9.59 Å². The van der Waals surface area contributed by atoms with Gasteiger partial charge in [-0.05, 0) is 27.1 Å². The lowest BCUT2D eigenvalue weighted by molar-refractivity contribution is 0.105. The van der Waals surface area contributed by atoms with Crippen LogP contribution in [0.4, 0.5) is 0 Å². The number of allylic oxidation sites excluding steroid dienone is 2. The zero-order chi connectivity index (χ0) is 17.9. The van der Waals surface area contributed by atoms with Gasteiger partial charge in [0.25, 0.3) is 0 Å². The lowest BCUT2D eigenvalue weighted by atomic mass is 9.90. The summed E-state index contributed by atoms with van der Waals surface area (Å²) in [4.78, 5) is 24.5. The number of ketones is 1. The number of Topliss-reactive ketones (excluding diaryl/α,β-unsaturated/α-hetero) is 1. The maximum Gasteiger partial charge on any atom is 0.226 e. The van der Waals surface area contributed by atoms with Gasteiger partial charge < -0.3 is 0 Å². The van der Waals surface area contributed by atoms with Crippen LogP contribution in [0.5, 0.6) is 0 Å². The summed E-state index contributed by atoms with van der Waals surface area (Å²) in [5.74, 6) is -0.179. The van der Waals surface area contributed by atoms with Gasteiger partial charge in [0.2, 0.25) is 6.29 Å². The molecule has 0 bridgehead atoms. The largest absolute Gasteiger partial charge is 0.289 e. The molecule has 4 rings (SSSR count). The van der Waals surface area contributed by atoms with Gasteiger partial charge in [-0.15, -0.1) is 0 Å². The van der Waals surface area contributed by atoms with Gasteiger partial charge in [0.1, 0.15) is 0 Å². The fourth-order valence-electron chi connectivity index (χ4n) is 3.35. The highest BCUT2D eigenvalue weighted by atomic mass is 16.1. The molecule has 0 aliphatic heterocycles. The van der Waals surface area contributed by atoms with Crippen LogP contribution in [0.15, 0.2) is 91.0 Å². The second kappa shape index (κ2) is 6.77. The summed E-state index contributed by atoms with van der Waals surface area (Å²) in [6.07, 6.45) is 3.04. The molecule has 0 aliphatic rings. The predicted octanol–water partition coefficient (Wildman–Crippen LogP) is 5.37. The number of hydrogen-bond donors (Lipinski definition) is 0. The Kier molecular flexibility index (Phi) is 4.16. The van der Waals surface area contributed by atoms with Crippen molar-refractivity contribution >= 4 is 39.2 Å². The van der Waals surface area contributed by atoms with Gasteiger partial charge in [-0.1, -0.05) is 84.9 Å². The first-order valence-corrected chi connectivity index (χ1v) is 8.38. The highest BCUT2D eigenvalue weighted by molar-refractivity contribution is 6.35. The third-order valence-electron chi connectivity index (χ3n) is 4.56. The fourth-order valence-corrected chi connectivity index (χ4v) is 3.35. The Hall–Kier alpha value is -3.52. The van der Waals surface area contributed by atoms with Crippen molar-refractivity contribution in [3.63, 3.8) is 0 Å². The first-order valence-electron chi connectivity index (χ1n) is 8.38. The summed E-state index contributed by atoms with van der Waals surface area (Å²) >= 11 is 0. The van der Waals surface area contributed by atoms with E-state index < -0.39 is 0 Å². The summed E-state index contributed by atoms with van der Waals surface area (Å²) in [5.41, 5.74) is 1.68. The van der Waals surface area contributed by atoms with Crippen molar-refractivity contribution in [1.29, 1.82) is 0 Å². The summed E-state index contributed by atoms with van der Waals surface area (Å²) in [7, 11) is 0. The smallest absolute Gasteiger partial charge is 0.226 e. The van der Waals surface area contributed by atoms with Gasteiger partial charge in [-0.2, -0.15) is 0 Å². The second-order valence-corrected chi connectivity index (χ2v) is 6.06. The zero-order valence-corrected chi connectivity index (χ0v) is 14.0. The monoisotopic (exact) mass is 335 g/mol. The van der Waals surface area contributed by atoms with Crippen LogP contribution in [-0.2, 0) is 4.79 Å². The van der Waals surface area contributed by atoms with E-state index in [9.17, 15) is 9.59 Å². The molecule has 4 aromatic carbocycles. The normalized spacial score (nSPS) is 11.6. The van der Waals surface area contributed by atoms with Crippen LogP contribution in [-0.4, -0.2) is 12.1 Å². The third kappa shape index (κ3) is 2.72. The predicted molar refractivity (Wildman–Crippen MR) is 106 cm³/mol. The molecule has 0 aliphatic carbocycles. The topological polar surface area (TPSA) is 34.1 Å². The maximum atomic E-state index is 13.3. The van der Waals surface area contributed by atoms with Crippen molar-refractivity contribution in [2.75, 3.05) is 0 Å². The van der Waals surface area contributed by atoms with Crippen LogP contribution in [0.2, 0.25) is 0 Å². The fraction of sp³-hybridized carbons (Fsp3) is 0. The van der Waals surface area contributed by atoms with Gasteiger partial charge >= 0.3 is 0 Å². The molecule has 0 unspecified atom stereocenters. The van der Waals surface area contributed by atoms with Crippen LogP contribution in [0.1, 0.15) is 15.9 Å². The quantitative estimate of drug-likeness (QED) is 0.371. The molecule has 0 spiro atoms. The van der Waals surface area contributed by atoms with E-state index in [1.165, 1.54) is 6.08 Å². The zero-order valence-electron chi connectivity index (χ0n) is 14.0. The molecule has 0 N–H and O–H groups in total. The van der Waals surface area contributed by atoms with Crippen molar-refractivity contribution in [1.82, 2.24) is 0 Å². The molecular weight excluding hydrogens is 320 g/mol. The average Bonchev–Trinajstić information content (AvgIpc) is 2.71. The number of carbonyl (C=O) groups is 1. The van der Waals surface area contributed by atoms with Crippen LogP contribution >= 0.6 is 0 Å². The lowest BCUT2D eigenvalue weighted by Gasteiger charge is -2.11. The van der Waals surface area contributed by atoms with Gasteiger partial charge in [0, 0.05) is 17.2 Å². The van der Waals surface area contributed by atoms with Crippen molar-refractivity contribution in [2.24, 2.45) is 0 Å². The molecule has 0 heterocycles. The highest BCUT2D eigenvalue weighted by Gasteiger charge is 2.18. The van der Waals surface area contributed by atoms with Gasteiger partial charge in [0.05, 0.1) is 0 Å². The summed E-state index contributed by atoms with van der Waals surface area (Å²) in [6, 6.07) is 27.0. The summed E-state index contributed by atoms with van der Waals surface area (Å²) in [6.45, 7) is 0. The van der Waals surface area contributed by atoms with E-state index in [-0.39, 0.29) is 5.78 Å². The van der Waals surface area contributed by atoms with Crippen LogP contribution < -0.4 is 0 Å². The molecule has 0 fully saturated rings. The number of rotatable bonds is 4. The summed E-state index contributed by atoms with van der Waals surface area (Å²) < 4.78 is 0. The van der Waals surface area contributed by atoms with Gasteiger partial charge in [-0.25, -0.2) is 0 Å². The molecule has 2 heteroatoms. The van der Waals surface area contributed by atoms with E-state index >= 15 is 0 Å². The van der Waals surface area contributed by atoms with Crippen LogP contribution in [0.25, 0.3) is 27.1 Å². The Bertz CT molecular complexity index is 1160. The molecule has 4 aromatic rings. The SMILES string of the molecule is O=[C]C=C(C(=O)c1cccc2ccccc12)c1cccc2ccccc12. The molecule has 0 atom stereocenters. The third-order valence-corrected chi connectivity index (χ3v) is 4.56. The summed E-state index contributed by atoms with van der Waals surface area (Å²) in [5, 5.41) is 3.82. The van der Waals surface area contributed by atoms with Gasteiger partial charge in [0.15, 0.2) is 5.78 Å². The second-order valence-electron chi connectivity index (χ2n) is 6.06. The van der Waals surface area contributed by atoms with Crippen LogP contribution in [0, 0.1) is 0 Å². The Labute approximate surface area is 151 Å². The van der Waals surface area contributed by atoms with E-state index in [4.69, 9.17) is 0 Å². The number of carbonyl (C=O) groups excluding carboxylic acids is 2. The molecule has 0 aromatic heterocycles.